The standard InChI is InChI=1S/C32H34N2O4/c1-22-4-5-23(19-30(35)32(12-13-32)26-10-11-28-29(20-26)38-21-37-28)18-27(22)24-6-8-25(9-7-24)31(36)34-15-3-14-33(2)16-17-34/h4-11,18,20H,3,12-17,19,21H2,1-2H3. The molecule has 3 aliphatic rings. The van der Waals surface area contributed by atoms with Crippen molar-refractivity contribution in [3.05, 3.63) is 82.9 Å². The lowest BCUT2D eigenvalue weighted by atomic mass is 9.87. The van der Waals surface area contributed by atoms with E-state index in [0.29, 0.717) is 6.42 Å². The molecule has 1 saturated heterocycles. The van der Waals surface area contributed by atoms with E-state index in [-0.39, 0.29) is 18.5 Å². The summed E-state index contributed by atoms with van der Waals surface area (Å²) in [4.78, 5) is 30.8. The summed E-state index contributed by atoms with van der Waals surface area (Å²) in [5.74, 6) is 1.81. The first-order valence-corrected chi connectivity index (χ1v) is 13.5. The Hall–Kier alpha value is -3.64. The Morgan fingerprint density at radius 3 is 2.45 bits per heavy atom. The summed E-state index contributed by atoms with van der Waals surface area (Å²) >= 11 is 0. The van der Waals surface area contributed by atoms with Crippen LogP contribution in [0.15, 0.2) is 60.7 Å². The van der Waals surface area contributed by atoms with Crippen LogP contribution in [0.1, 0.15) is 46.3 Å². The summed E-state index contributed by atoms with van der Waals surface area (Å²) in [6.45, 7) is 5.82. The molecule has 38 heavy (non-hydrogen) atoms. The molecule has 2 fully saturated rings. The summed E-state index contributed by atoms with van der Waals surface area (Å²) in [6.07, 6.45) is 3.13. The number of aryl methyl sites for hydroxylation is 1. The fourth-order valence-corrected chi connectivity index (χ4v) is 5.72. The molecule has 6 rings (SSSR count). The minimum absolute atomic E-state index is 0.0983. The van der Waals surface area contributed by atoms with Gasteiger partial charge in [-0.15, -0.1) is 0 Å². The first-order chi connectivity index (χ1) is 18.4. The number of hydrogen-bond acceptors (Lipinski definition) is 5. The number of carbonyl (C=O) groups excluding carboxylic acids is 2. The number of hydrogen-bond donors (Lipinski definition) is 0. The highest BCUT2D eigenvalue weighted by molar-refractivity contribution is 5.96. The maximum atomic E-state index is 13.5. The van der Waals surface area contributed by atoms with Crippen LogP contribution >= 0.6 is 0 Å². The monoisotopic (exact) mass is 510 g/mol. The van der Waals surface area contributed by atoms with Crippen molar-refractivity contribution in [2.24, 2.45) is 0 Å². The van der Waals surface area contributed by atoms with Gasteiger partial charge < -0.3 is 19.3 Å². The highest BCUT2D eigenvalue weighted by Crippen LogP contribution is 2.51. The molecule has 0 bridgehead atoms. The lowest BCUT2D eigenvalue weighted by molar-refractivity contribution is -0.120. The molecular formula is C32H34N2O4. The normalized spacial score (nSPS) is 18.2. The van der Waals surface area contributed by atoms with Gasteiger partial charge in [-0.25, -0.2) is 0 Å². The summed E-state index contributed by atoms with van der Waals surface area (Å²) in [7, 11) is 2.11. The number of amides is 1. The fraction of sp³-hybridized carbons (Fsp3) is 0.375. The maximum absolute atomic E-state index is 13.5. The third-order valence-electron chi connectivity index (χ3n) is 8.33. The molecule has 3 aromatic carbocycles. The second kappa shape index (κ2) is 9.91. The van der Waals surface area contributed by atoms with Gasteiger partial charge in [0.05, 0.1) is 5.41 Å². The van der Waals surface area contributed by atoms with Gasteiger partial charge >= 0.3 is 0 Å². The molecule has 1 aliphatic carbocycles. The molecule has 2 heterocycles. The van der Waals surface area contributed by atoms with E-state index in [1.807, 2.05) is 47.4 Å². The smallest absolute Gasteiger partial charge is 0.253 e. The van der Waals surface area contributed by atoms with Crippen LogP contribution in [-0.2, 0) is 16.6 Å². The van der Waals surface area contributed by atoms with Crippen molar-refractivity contribution in [1.29, 1.82) is 0 Å². The zero-order valence-corrected chi connectivity index (χ0v) is 22.2. The van der Waals surface area contributed by atoms with E-state index in [1.165, 1.54) is 0 Å². The number of fused-ring (bicyclic) bond motifs is 1. The Kier molecular flexibility index (Phi) is 6.44. The van der Waals surface area contributed by atoms with Crippen molar-refractivity contribution < 1.29 is 19.1 Å². The minimum atomic E-state index is -0.420. The molecule has 196 valence electrons. The second-order valence-electron chi connectivity index (χ2n) is 10.9. The van der Waals surface area contributed by atoms with Crippen LogP contribution < -0.4 is 9.47 Å². The van der Waals surface area contributed by atoms with Crippen molar-refractivity contribution in [2.75, 3.05) is 40.0 Å². The zero-order chi connectivity index (χ0) is 26.3. The van der Waals surface area contributed by atoms with E-state index in [0.717, 1.165) is 90.3 Å². The minimum Gasteiger partial charge on any atom is -0.454 e. The third kappa shape index (κ3) is 4.69. The average Bonchev–Trinajstić information content (AvgIpc) is 3.66. The molecule has 0 atom stereocenters. The second-order valence-corrected chi connectivity index (χ2v) is 10.9. The van der Waals surface area contributed by atoms with Crippen LogP contribution in [0.5, 0.6) is 11.5 Å². The highest BCUT2D eigenvalue weighted by atomic mass is 16.7. The van der Waals surface area contributed by atoms with Crippen LogP contribution in [0.2, 0.25) is 0 Å². The topological polar surface area (TPSA) is 59.1 Å². The molecule has 1 amide bonds. The van der Waals surface area contributed by atoms with E-state index >= 15 is 0 Å². The van der Waals surface area contributed by atoms with Gasteiger partial charge in [-0.2, -0.15) is 0 Å². The van der Waals surface area contributed by atoms with Gasteiger partial charge in [0.25, 0.3) is 5.91 Å². The van der Waals surface area contributed by atoms with E-state index < -0.39 is 5.41 Å². The van der Waals surface area contributed by atoms with Gasteiger partial charge in [0.1, 0.15) is 5.78 Å². The molecule has 0 N–H and O–H groups in total. The van der Waals surface area contributed by atoms with Crippen molar-refractivity contribution in [2.45, 2.75) is 38.0 Å². The summed E-state index contributed by atoms with van der Waals surface area (Å²) in [6, 6.07) is 20.1. The summed E-state index contributed by atoms with van der Waals surface area (Å²) < 4.78 is 11.0. The van der Waals surface area contributed by atoms with Gasteiger partial charge in [0, 0.05) is 31.6 Å². The summed E-state index contributed by atoms with van der Waals surface area (Å²) in [5, 5.41) is 0. The fourth-order valence-electron chi connectivity index (χ4n) is 5.72. The van der Waals surface area contributed by atoms with E-state index in [9.17, 15) is 9.59 Å². The molecule has 0 aromatic heterocycles. The SMILES string of the molecule is Cc1ccc(CC(=O)C2(c3ccc4c(c3)OCO4)CC2)cc1-c1ccc(C(=O)N2CCCN(C)CC2)cc1. The molecule has 1 saturated carbocycles. The van der Waals surface area contributed by atoms with Crippen LogP contribution in [0.25, 0.3) is 11.1 Å². The van der Waals surface area contributed by atoms with E-state index in [2.05, 4.69) is 37.1 Å². The first kappa shape index (κ1) is 24.7. The van der Waals surface area contributed by atoms with Crippen LogP contribution in [0.4, 0.5) is 0 Å². The van der Waals surface area contributed by atoms with Crippen LogP contribution in [0.3, 0.4) is 0 Å². The van der Waals surface area contributed by atoms with Gasteiger partial charge in [-0.3, -0.25) is 9.59 Å². The van der Waals surface area contributed by atoms with E-state index in [4.69, 9.17) is 9.47 Å². The average molecular weight is 511 g/mol. The Bertz CT molecular complexity index is 1380. The lowest BCUT2D eigenvalue weighted by Crippen LogP contribution is -2.34. The number of benzene rings is 3. The lowest BCUT2D eigenvalue weighted by Gasteiger charge is -2.21. The van der Waals surface area contributed by atoms with Crippen LogP contribution in [-0.4, -0.2) is 61.5 Å². The Morgan fingerprint density at radius 2 is 1.66 bits per heavy atom. The number of likely N-dealkylation sites (N-methyl/N-ethyl adjacent to an activating group) is 1. The molecule has 6 heteroatoms. The molecule has 3 aromatic rings. The van der Waals surface area contributed by atoms with Crippen molar-refractivity contribution in [3.63, 3.8) is 0 Å². The molecule has 6 nitrogen and oxygen atoms in total. The quantitative estimate of drug-likeness (QED) is 0.467. The van der Waals surface area contributed by atoms with Crippen molar-refractivity contribution >= 4 is 11.7 Å². The van der Waals surface area contributed by atoms with Gasteiger partial charge in [-0.1, -0.05) is 36.4 Å². The first-order valence-electron chi connectivity index (χ1n) is 13.5. The number of ketones is 1. The molecule has 0 unspecified atom stereocenters. The predicted molar refractivity (Wildman–Crippen MR) is 147 cm³/mol. The van der Waals surface area contributed by atoms with Gasteiger partial charge in [0.2, 0.25) is 6.79 Å². The number of rotatable bonds is 6. The largest absolute Gasteiger partial charge is 0.454 e. The number of carbonyl (C=O) groups is 2. The molecular weight excluding hydrogens is 476 g/mol. The zero-order valence-electron chi connectivity index (χ0n) is 22.2. The molecule has 2 aliphatic heterocycles. The number of ether oxygens (including phenoxy) is 2. The maximum Gasteiger partial charge on any atom is 0.253 e. The van der Waals surface area contributed by atoms with Gasteiger partial charge in [0.15, 0.2) is 11.5 Å². The van der Waals surface area contributed by atoms with Crippen molar-refractivity contribution in [3.8, 4) is 22.6 Å². The molecule has 0 radical (unpaired) electrons. The Morgan fingerprint density at radius 1 is 0.868 bits per heavy atom. The predicted octanol–water partition coefficient (Wildman–Crippen LogP) is 5.01. The number of Topliss-reactive ketones (excluding diaryl/α,β-unsaturated/α-hetero) is 1. The third-order valence-corrected chi connectivity index (χ3v) is 8.33. The highest BCUT2D eigenvalue weighted by Gasteiger charge is 2.50. The number of nitrogens with zero attached hydrogens (tertiary/aromatic N) is 2. The van der Waals surface area contributed by atoms with Gasteiger partial charge in [-0.05, 0) is 91.9 Å². The molecule has 0 spiro atoms. The van der Waals surface area contributed by atoms with Crippen molar-refractivity contribution in [1.82, 2.24) is 9.80 Å². The summed E-state index contributed by atoms with van der Waals surface area (Å²) in [5.41, 5.74) is 5.64. The Labute approximate surface area is 224 Å². The van der Waals surface area contributed by atoms with Crippen LogP contribution in [0, 0.1) is 6.92 Å². The van der Waals surface area contributed by atoms with E-state index in [1.54, 1.807) is 0 Å². The Balaban J connectivity index is 1.18.